The predicted molar refractivity (Wildman–Crippen MR) is 75.7 cm³/mol. The lowest BCUT2D eigenvalue weighted by Gasteiger charge is -2.18. The molecular weight excluding hydrogens is 266 g/mol. The van der Waals surface area contributed by atoms with Crippen LogP contribution in [0.4, 0.5) is 5.69 Å². The molecule has 1 aromatic carbocycles. The molecule has 1 rings (SSSR count). The zero-order valence-corrected chi connectivity index (χ0v) is 12.1. The summed E-state index contributed by atoms with van der Waals surface area (Å²) in [7, 11) is -1.49. The third-order valence-electron chi connectivity index (χ3n) is 2.77. The highest BCUT2D eigenvalue weighted by molar-refractivity contribution is 7.90. The number of nitrogen functional groups attached to an aromatic ring is 1. The maximum absolute atomic E-state index is 12.2. The van der Waals surface area contributed by atoms with E-state index in [1.54, 1.807) is 32.2 Å². The fourth-order valence-corrected chi connectivity index (χ4v) is 2.21. The molecule has 0 saturated carbocycles. The van der Waals surface area contributed by atoms with Crippen LogP contribution < -0.4 is 11.3 Å². The first kappa shape index (κ1) is 15.5. The van der Waals surface area contributed by atoms with Gasteiger partial charge >= 0.3 is 0 Å². The zero-order chi connectivity index (χ0) is 14.6. The Morgan fingerprint density at radius 3 is 2.53 bits per heavy atom. The minimum atomic E-state index is -3.08. The van der Waals surface area contributed by atoms with E-state index in [1.807, 2.05) is 0 Å². The van der Waals surface area contributed by atoms with Crippen molar-refractivity contribution < 1.29 is 13.2 Å². The van der Waals surface area contributed by atoms with Crippen molar-refractivity contribution in [2.45, 2.75) is 6.92 Å². The first-order valence-corrected chi connectivity index (χ1v) is 7.81. The van der Waals surface area contributed by atoms with Crippen LogP contribution in [0.25, 0.3) is 0 Å². The smallest absolute Gasteiger partial charge is 0.253 e. The van der Waals surface area contributed by atoms with Gasteiger partial charge in [-0.15, -0.1) is 0 Å². The number of hydrogen-bond acceptors (Lipinski definition) is 5. The number of carbonyl (C=O) groups excluding carboxylic acids is 1. The Hall–Kier alpha value is -1.60. The summed E-state index contributed by atoms with van der Waals surface area (Å²) in [6.07, 6.45) is 1.15. The third-order valence-corrected chi connectivity index (χ3v) is 3.69. The maximum atomic E-state index is 12.2. The first-order valence-electron chi connectivity index (χ1n) is 5.75. The van der Waals surface area contributed by atoms with Gasteiger partial charge in [0.1, 0.15) is 9.84 Å². The Labute approximate surface area is 113 Å². The number of hydrogen-bond donors (Lipinski definition) is 2. The number of nitrogens with one attached hydrogen (secondary N) is 1. The Kier molecular flexibility index (Phi) is 4.90. The van der Waals surface area contributed by atoms with E-state index in [4.69, 9.17) is 5.84 Å². The number of aryl methyl sites for hydroxylation is 1. The lowest BCUT2D eigenvalue weighted by molar-refractivity contribution is 0.0803. The molecular formula is C12H19N3O3S. The zero-order valence-electron chi connectivity index (χ0n) is 11.3. The van der Waals surface area contributed by atoms with E-state index in [0.29, 0.717) is 11.3 Å². The van der Waals surface area contributed by atoms with E-state index in [0.717, 1.165) is 11.8 Å². The molecule has 0 aliphatic carbocycles. The number of rotatable bonds is 5. The SMILES string of the molecule is Cc1cc(NN)ccc1C(=O)N(C)CCS(C)(=O)=O. The molecule has 0 radical (unpaired) electrons. The average molecular weight is 285 g/mol. The van der Waals surface area contributed by atoms with Gasteiger partial charge in [0.2, 0.25) is 0 Å². The van der Waals surface area contributed by atoms with Crippen LogP contribution in [-0.2, 0) is 9.84 Å². The minimum absolute atomic E-state index is 0.0449. The minimum Gasteiger partial charge on any atom is -0.341 e. The summed E-state index contributed by atoms with van der Waals surface area (Å²) in [6, 6.07) is 5.13. The second-order valence-electron chi connectivity index (χ2n) is 4.53. The van der Waals surface area contributed by atoms with Crippen molar-refractivity contribution in [3.05, 3.63) is 29.3 Å². The van der Waals surface area contributed by atoms with Crippen LogP contribution in [0.2, 0.25) is 0 Å². The van der Waals surface area contributed by atoms with Crippen molar-refractivity contribution >= 4 is 21.4 Å². The number of nitrogens with two attached hydrogens (primary N) is 1. The normalized spacial score (nSPS) is 11.2. The molecule has 7 heteroatoms. The van der Waals surface area contributed by atoms with Crippen LogP contribution >= 0.6 is 0 Å². The summed E-state index contributed by atoms with van der Waals surface area (Å²) >= 11 is 0. The molecule has 3 N–H and O–H groups in total. The molecule has 106 valence electrons. The van der Waals surface area contributed by atoms with Gasteiger partial charge in [-0.1, -0.05) is 0 Å². The van der Waals surface area contributed by atoms with E-state index >= 15 is 0 Å². The second-order valence-corrected chi connectivity index (χ2v) is 6.79. The molecule has 0 unspecified atom stereocenters. The Morgan fingerprint density at radius 2 is 2.05 bits per heavy atom. The van der Waals surface area contributed by atoms with Gasteiger partial charge in [0.25, 0.3) is 5.91 Å². The molecule has 0 atom stereocenters. The van der Waals surface area contributed by atoms with Crippen molar-refractivity contribution in [2.75, 3.05) is 31.0 Å². The summed E-state index contributed by atoms with van der Waals surface area (Å²) in [4.78, 5) is 13.6. The number of nitrogens with zero attached hydrogens (tertiary/aromatic N) is 1. The van der Waals surface area contributed by atoms with Crippen LogP contribution in [0, 0.1) is 6.92 Å². The Balaban J connectivity index is 2.82. The van der Waals surface area contributed by atoms with Gasteiger partial charge in [0.15, 0.2) is 0 Å². The molecule has 1 aromatic rings. The van der Waals surface area contributed by atoms with Crippen molar-refractivity contribution in [1.29, 1.82) is 0 Å². The molecule has 19 heavy (non-hydrogen) atoms. The molecule has 6 nitrogen and oxygen atoms in total. The van der Waals surface area contributed by atoms with Crippen LogP contribution in [0.5, 0.6) is 0 Å². The van der Waals surface area contributed by atoms with Gasteiger partial charge in [0, 0.05) is 31.1 Å². The number of carbonyl (C=O) groups is 1. The molecule has 0 saturated heterocycles. The molecule has 0 heterocycles. The molecule has 0 spiro atoms. The maximum Gasteiger partial charge on any atom is 0.253 e. The van der Waals surface area contributed by atoms with E-state index in [2.05, 4.69) is 5.43 Å². The van der Waals surface area contributed by atoms with Crippen molar-refractivity contribution in [3.8, 4) is 0 Å². The van der Waals surface area contributed by atoms with E-state index in [1.165, 1.54) is 4.90 Å². The lowest BCUT2D eigenvalue weighted by atomic mass is 10.1. The number of sulfone groups is 1. The van der Waals surface area contributed by atoms with Crippen molar-refractivity contribution in [3.63, 3.8) is 0 Å². The highest BCUT2D eigenvalue weighted by atomic mass is 32.2. The van der Waals surface area contributed by atoms with Gasteiger partial charge in [0.05, 0.1) is 5.75 Å². The van der Waals surface area contributed by atoms with E-state index < -0.39 is 9.84 Å². The van der Waals surface area contributed by atoms with Gasteiger partial charge in [-0.3, -0.25) is 10.6 Å². The molecule has 0 aromatic heterocycles. The summed E-state index contributed by atoms with van der Waals surface area (Å²) in [5.74, 6) is 5.04. The van der Waals surface area contributed by atoms with Gasteiger partial charge in [-0.25, -0.2) is 8.42 Å². The highest BCUT2D eigenvalue weighted by Gasteiger charge is 2.15. The van der Waals surface area contributed by atoms with E-state index in [9.17, 15) is 13.2 Å². The van der Waals surface area contributed by atoms with Crippen LogP contribution in [0.1, 0.15) is 15.9 Å². The number of hydrazine groups is 1. The standard InChI is InChI=1S/C12H19N3O3S/c1-9-8-10(14-13)4-5-11(9)12(16)15(2)6-7-19(3,17)18/h4-5,8,14H,6-7,13H2,1-3H3. The Morgan fingerprint density at radius 1 is 1.42 bits per heavy atom. The van der Waals surface area contributed by atoms with Crippen LogP contribution in [0.15, 0.2) is 18.2 Å². The Bertz CT molecular complexity index is 570. The summed E-state index contributed by atoms with van der Waals surface area (Å²) in [5.41, 5.74) is 4.54. The monoisotopic (exact) mass is 285 g/mol. The first-order chi connectivity index (χ1) is 8.74. The van der Waals surface area contributed by atoms with Gasteiger partial charge in [-0.2, -0.15) is 0 Å². The molecule has 0 aliphatic rings. The predicted octanol–water partition coefficient (Wildman–Crippen LogP) is 0.397. The number of benzene rings is 1. The number of amides is 1. The fraction of sp³-hybridized carbons (Fsp3) is 0.417. The van der Waals surface area contributed by atoms with Gasteiger partial charge < -0.3 is 10.3 Å². The third kappa shape index (κ3) is 4.53. The second kappa shape index (κ2) is 6.03. The largest absolute Gasteiger partial charge is 0.341 e. The molecule has 1 amide bonds. The van der Waals surface area contributed by atoms with E-state index in [-0.39, 0.29) is 18.2 Å². The van der Waals surface area contributed by atoms with Crippen molar-refractivity contribution in [2.24, 2.45) is 5.84 Å². The fourth-order valence-electron chi connectivity index (χ4n) is 1.60. The number of anilines is 1. The summed E-state index contributed by atoms with van der Waals surface area (Å²) < 4.78 is 22.2. The summed E-state index contributed by atoms with van der Waals surface area (Å²) in [6.45, 7) is 1.98. The quantitative estimate of drug-likeness (QED) is 0.603. The average Bonchev–Trinajstić information content (AvgIpc) is 2.34. The summed E-state index contributed by atoms with van der Waals surface area (Å²) in [5, 5.41) is 0. The topological polar surface area (TPSA) is 92.5 Å². The van der Waals surface area contributed by atoms with Crippen LogP contribution in [-0.4, -0.2) is 44.8 Å². The van der Waals surface area contributed by atoms with Crippen LogP contribution in [0.3, 0.4) is 0 Å². The van der Waals surface area contributed by atoms with Gasteiger partial charge in [-0.05, 0) is 30.7 Å². The van der Waals surface area contributed by atoms with Crippen molar-refractivity contribution in [1.82, 2.24) is 4.90 Å². The highest BCUT2D eigenvalue weighted by Crippen LogP contribution is 2.15. The molecule has 0 fully saturated rings. The lowest BCUT2D eigenvalue weighted by Crippen LogP contribution is -2.31. The molecule has 0 bridgehead atoms. The molecule has 0 aliphatic heterocycles.